The van der Waals surface area contributed by atoms with Crippen molar-refractivity contribution in [3.05, 3.63) is 59.9 Å². The number of hydrogen-bond donors (Lipinski definition) is 2. The molecule has 0 unspecified atom stereocenters. The predicted molar refractivity (Wildman–Crippen MR) is 80.9 cm³/mol. The number of nitrogens with zero attached hydrogens (tertiary/aromatic N) is 3. The van der Waals surface area contributed by atoms with Crippen molar-refractivity contribution in [1.82, 2.24) is 15.1 Å². The number of nitrogens with one attached hydrogen (secondary N) is 2. The second-order valence-electron chi connectivity index (χ2n) is 4.68. The van der Waals surface area contributed by atoms with Gasteiger partial charge in [0.1, 0.15) is 11.6 Å². The molecule has 7 nitrogen and oxygen atoms in total. The topological polar surface area (TPSA) is 92.9 Å². The van der Waals surface area contributed by atoms with E-state index < -0.39 is 11.7 Å². The van der Waals surface area contributed by atoms with Gasteiger partial charge in [-0.05, 0) is 19.1 Å². The number of carbonyl (C=O) groups excluding carboxylic acids is 1. The van der Waals surface area contributed by atoms with Crippen LogP contribution in [0.3, 0.4) is 0 Å². The molecule has 23 heavy (non-hydrogen) atoms. The molecule has 3 rings (SSSR count). The van der Waals surface area contributed by atoms with Gasteiger partial charge in [0, 0.05) is 18.5 Å². The monoisotopic (exact) mass is 313 g/mol. The van der Waals surface area contributed by atoms with Crippen molar-refractivity contribution in [2.75, 3.05) is 10.6 Å². The van der Waals surface area contributed by atoms with Crippen LogP contribution in [-0.2, 0) is 0 Å². The van der Waals surface area contributed by atoms with Gasteiger partial charge in [0.15, 0.2) is 5.82 Å². The molecule has 8 heteroatoms. The zero-order valence-corrected chi connectivity index (χ0v) is 12.1. The highest BCUT2D eigenvalue weighted by molar-refractivity contribution is 6.03. The van der Waals surface area contributed by atoms with Gasteiger partial charge >= 0.3 is 0 Å². The standard InChI is InChI=1S/C15H12FN5O2/c1-9-6-13(21-23-9)20-14(22)10-7-17-15(18-8-10)19-12-5-3-2-4-11(12)16/h2-8H,1H3,(H,17,18,19)(H,20,21,22). The van der Waals surface area contributed by atoms with E-state index in [2.05, 4.69) is 25.8 Å². The fourth-order valence-corrected chi connectivity index (χ4v) is 1.81. The Hall–Kier alpha value is -3.29. The van der Waals surface area contributed by atoms with Crippen molar-refractivity contribution >= 4 is 23.4 Å². The average molecular weight is 313 g/mol. The minimum atomic E-state index is -0.421. The first-order chi connectivity index (χ1) is 11.1. The summed E-state index contributed by atoms with van der Waals surface area (Å²) in [5.41, 5.74) is 0.493. The first kappa shape index (κ1) is 14.6. The molecular weight excluding hydrogens is 301 g/mol. The highest BCUT2D eigenvalue weighted by Crippen LogP contribution is 2.16. The van der Waals surface area contributed by atoms with E-state index >= 15 is 0 Å². The Kier molecular flexibility index (Phi) is 3.96. The van der Waals surface area contributed by atoms with E-state index in [0.717, 1.165) is 0 Å². The predicted octanol–water partition coefficient (Wildman–Crippen LogP) is 2.91. The Morgan fingerprint density at radius 2 is 1.96 bits per heavy atom. The van der Waals surface area contributed by atoms with E-state index in [1.54, 1.807) is 31.2 Å². The van der Waals surface area contributed by atoms with Crippen LogP contribution in [0.4, 0.5) is 21.8 Å². The molecule has 0 fully saturated rings. The Morgan fingerprint density at radius 1 is 1.22 bits per heavy atom. The average Bonchev–Trinajstić information content (AvgIpc) is 2.95. The smallest absolute Gasteiger partial charge is 0.260 e. The molecule has 0 spiro atoms. The quantitative estimate of drug-likeness (QED) is 0.769. The number of halogens is 1. The summed E-state index contributed by atoms with van der Waals surface area (Å²) in [4.78, 5) is 20.0. The van der Waals surface area contributed by atoms with Crippen molar-refractivity contribution < 1.29 is 13.7 Å². The lowest BCUT2D eigenvalue weighted by Crippen LogP contribution is -2.13. The Bertz CT molecular complexity index is 832. The highest BCUT2D eigenvalue weighted by Gasteiger charge is 2.10. The van der Waals surface area contributed by atoms with E-state index in [1.165, 1.54) is 18.5 Å². The third kappa shape index (κ3) is 3.49. The number of hydrogen-bond acceptors (Lipinski definition) is 6. The van der Waals surface area contributed by atoms with Crippen LogP contribution >= 0.6 is 0 Å². The molecule has 2 N–H and O–H groups in total. The number of anilines is 3. The maximum atomic E-state index is 13.5. The summed E-state index contributed by atoms with van der Waals surface area (Å²) >= 11 is 0. The van der Waals surface area contributed by atoms with E-state index in [1.807, 2.05) is 0 Å². The van der Waals surface area contributed by atoms with Crippen molar-refractivity contribution in [3.63, 3.8) is 0 Å². The first-order valence-corrected chi connectivity index (χ1v) is 6.70. The molecule has 2 aromatic heterocycles. The van der Waals surface area contributed by atoms with Crippen molar-refractivity contribution in [2.45, 2.75) is 6.92 Å². The summed E-state index contributed by atoms with van der Waals surface area (Å²) in [5.74, 6) is 0.237. The van der Waals surface area contributed by atoms with Gasteiger partial charge in [0.2, 0.25) is 5.95 Å². The maximum absolute atomic E-state index is 13.5. The maximum Gasteiger partial charge on any atom is 0.260 e. The van der Waals surface area contributed by atoms with Crippen molar-refractivity contribution in [1.29, 1.82) is 0 Å². The van der Waals surface area contributed by atoms with Gasteiger partial charge in [-0.1, -0.05) is 17.3 Å². The van der Waals surface area contributed by atoms with Gasteiger partial charge in [-0.2, -0.15) is 0 Å². The molecule has 3 aromatic rings. The van der Waals surface area contributed by atoms with Crippen LogP contribution in [0.5, 0.6) is 0 Å². The second kappa shape index (κ2) is 6.22. The molecule has 1 amide bonds. The molecule has 0 radical (unpaired) electrons. The van der Waals surface area contributed by atoms with Crippen LogP contribution in [0.15, 0.2) is 47.2 Å². The minimum Gasteiger partial charge on any atom is -0.360 e. The first-order valence-electron chi connectivity index (χ1n) is 6.70. The van der Waals surface area contributed by atoms with Crippen LogP contribution < -0.4 is 10.6 Å². The summed E-state index contributed by atoms with van der Waals surface area (Å²) in [7, 11) is 0. The van der Waals surface area contributed by atoms with Crippen LogP contribution in [-0.4, -0.2) is 21.0 Å². The number of amides is 1. The number of carbonyl (C=O) groups is 1. The Morgan fingerprint density at radius 3 is 2.61 bits per heavy atom. The molecule has 116 valence electrons. The lowest BCUT2D eigenvalue weighted by atomic mass is 10.3. The zero-order valence-electron chi connectivity index (χ0n) is 12.1. The van der Waals surface area contributed by atoms with Gasteiger partial charge in [0.05, 0.1) is 11.3 Å². The second-order valence-corrected chi connectivity index (χ2v) is 4.68. The van der Waals surface area contributed by atoms with Crippen molar-refractivity contribution in [2.24, 2.45) is 0 Å². The van der Waals surface area contributed by atoms with Crippen LogP contribution in [0.2, 0.25) is 0 Å². The number of rotatable bonds is 4. The number of benzene rings is 1. The Balaban J connectivity index is 1.69. The number of aromatic nitrogens is 3. The largest absolute Gasteiger partial charge is 0.360 e. The third-order valence-corrected chi connectivity index (χ3v) is 2.90. The number of aryl methyl sites for hydroxylation is 1. The summed E-state index contributed by atoms with van der Waals surface area (Å²) in [6.07, 6.45) is 2.66. The molecule has 0 aliphatic rings. The fraction of sp³-hybridized carbons (Fsp3) is 0.0667. The molecule has 0 aliphatic carbocycles. The molecule has 0 saturated heterocycles. The van der Waals surface area contributed by atoms with Gasteiger partial charge in [-0.15, -0.1) is 0 Å². The molecule has 2 heterocycles. The molecule has 0 bridgehead atoms. The summed E-state index contributed by atoms with van der Waals surface area (Å²) in [5, 5.41) is 8.95. The number of para-hydroxylation sites is 1. The molecule has 0 saturated carbocycles. The van der Waals surface area contributed by atoms with Crippen LogP contribution in [0.25, 0.3) is 0 Å². The SMILES string of the molecule is Cc1cc(NC(=O)c2cnc(Nc3ccccc3F)nc2)no1. The van der Waals surface area contributed by atoms with E-state index in [-0.39, 0.29) is 17.2 Å². The normalized spacial score (nSPS) is 10.3. The van der Waals surface area contributed by atoms with Gasteiger partial charge in [-0.3, -0.25) is 4.79 Å². The third-order valence-electron chi connectivity index (χ3n) is 2.90. The lowest BCUT2D eigenvalue weighted by Gasteiger charge is -2.06. The molecule has 1 aromatic carbocycles. The summed E-state index contributed by atoms with van der Waals surface area (Å²) in [6.45, 7) is 1.72. The minimum absolute atomic E-state index is 0.184. The lowest BCUT2D eigenvalue weighted by molar-refractivity contribution is 0.102. The Labute approximate surface area is 130 Å². The molecule has 0 atom stereocenters. The summed E-state index contributed by atoms with van der Waals surface area (Å²) in [6, 6.07) is 7.75. The van der Waals surface area contributed by atoms with Crippen LogP contribution in [0, 0.1) is 12.7 Å². The van der Waals surface area contributed by atoms with Gasteiger partial charge in [0.25, 0.3) is 5.91 Å². The van der Waals surface area contributed by atoms with E-state index in [4.69, 9.17) is 4.52 Å². The summed E-state index contributed by atoms with van der Waals surface area (Å²) < 4.78 is 18.4. The highest BCUT2D eigenvalue weighted by atomic mass is 19.1. The molecular formula is C15H12FN5O2. The fourth-order valence-electron chi connectivity index (χ4n) is 1.81. The van der Waals surface area contributed by atoms with Gasteiger partial charge in [-0.25, -0.2) is 14.4 Å². The van der Waals surface area contributed by atoms with Gasteiger partial charge < -0.3 is 15.2 Å². The van der Waals surface area contributed by atoms with Crippen LogP contribution in [0.1, 0.15) is 16.1 Å². The zero-order chi connectivity index (χ0) is 16.2. The van der Waals surface area contributed by atoms with E-state index in [0.29, 0.717) is 11.6 Å². The van der Waals surface area contributed by atoms with E-state index in [9.17, 15) is 9.18 Å². The van der Waals surface area contributed by atoms with Crippen molar-refractivity contribution in [3.8, 4) is 0 Å². The molecule has 0 aliphatic heterocycles.